The molecule has 0 aliphatic rings. The number of nitrogens with zero attached hydrogens (tertiary/aromatic N) is 2. The van der Waals surface area contributed by atoms with Crippen LogP contribution in [-0.2, 0) is 29.7 Å². The van der Waals surface area contributed by atoms with Crippen LogP contribution in [0.3, 0.4) is 0 Å². The molecule has 5 heteroatoms. The average Bonchev–Trinajstić information content (AvgIpc) is 3.15. The Hall–Kier alpha value is -4.31. The molecule has 4 aromatic carbocycles. The third-order valence-electron chi connectivity index (χ3n) is 9.73. The van der Waals surface area contributed by atoms with Crippen molar-refractivity contribution in [1.29, 1.82) is 0 Å². The number of Topliss-reactive ketones (excluding diaryl/α,β-unsaturated/α-hetero) is 2. The maximum absolute atomic E-state index is 11.7. The summed E-state index contributed by atoms with van der Waals surface area (Å²) in [6.45, 7) is 16.6. The number of hydrogen-bond acceptors (Lipinski definition) is 4. The first-order valence-corrected chi connectivity index (χ1v) is 18.9. The predicted octanol–water partition coefficient (Wildman–Crippen LogP) is 12.5. The average molecular weight is 883 g/mol. The van der Waals surface area contributed by atoms with Crippen LogP contribution in [0.1, 0.15) is 96.3 Å². The second kappa shape index (κ2) is 21.4. The maximum atomic E-state index is 11.7. The SMILES string of the molecule is CC(C)c1ccc2c(-c3[c-]cccc3)nccc2c1.CCC(CC)C(=O)CC(=O)C(CC)CC.Cc1[c-]c(-c2nccc3ccccc23)cc(C)c1.[Ir]. The van der Waals surface area contributed by atoms with E-state index in [1.165, 1.54) is 32.7 Å². The Morgan fingerprint density at radius 2 is 1.21 bits per heavy atom. The molecule has 0 atom stereocenters. The summed E-state index contributed by atoms with van der Waals surface area (Å²) in [6.07, 6.45) is 7.30. The molecular formula is C48H54IrN2O2-2. The Morgan fingerprint density at radius 3 is 1.77 bits per heavy atom. The minimum absolute atomic E-state index is 0. The van der Waals surface area contributed by atoms with E-state index in [-0.39, 0.29) is 49.9 Å². The number of carbonyl (C=O) groups excluding carboxylic acids is 2. The zero-order valence-corrected chi connectivity index (χ0v) is 35.0. The van der Waals surface area contributed by atoms with Gasteiger partial charge in [0.25, 0.3) is 0 Å². The van der Waals surface area contributed by atoms with Crippen molar-refractivity contribution in [3.05, 3.63) is 132 Å². The van der Waals surface area contributed by atoms with Gasteiger partial charge in [-0.3, -0.25) is 9.59 Å². The molecule has 0 saturated carbocycles. The summed E-state index contributed by atoms with van der Waals surface area (Å²) in [6, 6.07) is 38.0. The van der Waals surface area contributed by atoms with Gasteiger partial charge in [0.1, 0.15) is 11.6 Å². The van der Waals surface area contributed by atoms with Gasteiger partial charge in [0, 0.05) is 44.3 Å². The Kier molecular flexibility index (Phi) is 17.4. The molecule has 6 rings (SSSR count). The summed E-state index contributed by atoms with van der Waals surface area (Å²) >= 11 is 0. The van der Waals surface area contributed by atoms with Crippen molar-refractivity contribution in [2.75, 3.05) is 0 Å². The second-order valence-corrected chi connectivity index (χ2v) is 13.8. The van der Waals surface area contributed by atoms with Gasteiger partial charge in [-0.2, -0.15) is 0 Å². The van der Waals surface area contributed by atoms with E-state index in [1.807, 2.05) is 64.4 Å². The Bertz CT molecular complexity index is 2020. The number of rotatable bonds is 11. The molecule has 2 heterocycles. The molecule has 6 aromatic rings. The van der Waals surface area contributed by atoms with E-state index < -0.39 is 0 Å². The molecule has 0 spiro atoms. The fourth-order valence-corrected chi connectivity index (χ4v) is 6.62. The van der Waals surface area contributed by atoms with Crippen LogP contribution in [0, 0.1) is 37.8 Å². The van der Waals surface area contributed by atoms with Gasteiger partial charge in [-0.1, -0.05) is 97.9 Å². The quantitative estimate of drug-likeness (QED) is 0.0961. The van der Waals surface area contributed by atoms with Crippen molar-refractivity contribution in [2.45, 2.75) is 93.4 Å². The molecule has 0 aliphatic heterocycles. The van der Waals surface area contributed by atoms with Crippen LogP contribution < -0.4 is 0 Å². The van der Waals surface area contributed by atoms with E-state index in [1.54, 1.807) is 0 Å². The summed E-state index contributed by atoms with van der Waals surface area (Å²) in [5, 5.41) is 4.83. The molecule has 0 unspecified atom stereocenters. The number of aromatic nitrogens is 2. The van der Waals surface area contributed by atoms with Crippen LogP contribution in [0.2, 0.25) is 0 Å². The molecule has 0 amide bonds. The molecule has 0 bridgehead atoms. The predicted molar refractivity (Wildman–Crippen MR) is 218 cm³/mol. The monoisotopic (exact) mass is 883 g/mol. The third-order valence-corrected chi connectivity index (χ3v) is 9.73. The summed E-state index contributed by atoms with van der Waals surface area (Å²) in [4.78, 5) is 32.5. The van der Waals surface area contributed by atoms with E-state index in [0.29, 0.717) is 5.92 Å². The second-order valence-electron chi connectivity index (χ2n) is 13.8. The first-order chi connectivity index (χ1) is 25.1. The molecule has 4 nitrogen and oxygen atoms in total. The number of benzene rings is 4. The molecule has 279 valence electrons. The van der Waals surface area contributed by atoms with Crippen LogP contribution in [0.15, 0.2) is 103 Å². The minimum atomic E-state index is 0. The van der Waals surface area contributed by atoms with Crippen molar-refractivity contribution < 1.29 is 29.7 Å². The number of hydrogen-bond donors (Lipinski definition) is 0. The van der Waals surface area contributed by atoms with Gasteiger partial charge >= 0.3 is 0 Å². The normalized spacial score (nSPS) is 10.8. The van der Waals surface area contributed by atoms with Gasteiger partial charge in [0.05, 0.1) is 6.42 Å². The van der Waals surface area contributed by atoms with Gasteiger partial charge in [-0.15, -0.1) is 70.8 Å². The smallest absolute Gasteiger partial charge is 0.143 e. The number of pyridine rings is 2. The van der Waals surface area contributed by atoms with Gasteiger partial charge in [0.15, 0.2) is 0 Å². The fraction of sp³-hybridized carbons (Fsp3) is 0.333. The summed E-state index contributed by atoms with van der Waals surface area (Å²) in [5.41, 5.74) is 7.90. The fourth-order valence-electron chi connectivity index (χ4n) is 6.62. The number of aryl methyl sites for hydroxylation is 2. The molecule has 0 N–H and O–H groups in total. The van der Waals surface area contributed by atoms with Crippen molar-refractivity contribution in [2.24, 2.45) is 11.8 Å². The van der Waals surface area contributed by atoms with Crippen LogP contribution >= 0.6 is 0 Å². The molecular weight excluding hydrogens is 829 g/mol. The van der Waals surface area contributed by atoms with E-state index in [9.17, 15) is 9.59 Å². The largest absolute Gasteiger partial charge is 0.304 e. The molecule has 0 fully saturated rings. The van der Waals surface area contributed by atoms with E-state index >= 15 is 0 Å². The molecule has 2 aromatic heterocycles. The molecule has 53 heavy (non-hydrogen) atoms. The number of ketones is 2. The van der Waals surface area contributed by atoms with Crippen molar-refractivity contribution in [1.82, 2.24) is 9.97 Å². The van der Waals surface area contributed by atoms with E-state index in [2.05, 4.69) is 117 Å². The Balaban J connectivity index is 0.000000214. The van der Waals surface area contributed by atoms with E-state index in [4.69, 9.17) is 0 Å². The van der Waals surface area contributed by atoms with Crippen molar-refractivity contribution >= 4 is 33.1 Å². The van der Waals surface area contributed by atoms with E-state index in [0.717, 1.165) is 53.8 Å². The maximum Gasteiger partial charge on any atom is 0.143 e. The summed E-state index contributed by atoms with van der Waals surface area (Å²) in [5.74, 6) is 0.990. The molecule has 1 radical (unpaired) electrons. The van der Waals surface area contributed by atoms with Gasteiger partial charge in [0.2, 0.25) is 0 Å². The molecule has 0 aliphatic carbocycles. The summed E-state index contributed by atoms with van der Waals surface area (Å²) in [7, 11) is 0. The first kappa shape index (κ1) is 43.1. The van der Waals surface area contributed by atoms with Crippen molar-refractivity contribution in [3.63, 3.8) is 0 Å². The van der Waals surface area contributed by atoms with Crippen LogP contribution in [-0.4, -0.2) is 21.5 Å². The van der Waals surface area contributed by atoms with Crippen LogP contribution in [0.4, 0.5) is 0 Å². The van der Waals surface area contributed by atoms with Gasteiger partial charge < -0.3 is 9.97 Å². The number of fused-ring (bicyclic) bond motifs is 2. The summed E-state index contributed by atoms with van der Waals surface area (Å²) < 4.78 is 0. The number of carbonyl (C=O) groups is 2. The molecule has 0 saturated heterocycles. The topological polar surface area (TPSA) is 59.9 Å². The Labute approximate surface area is 331 Å². The van der Waals surface area contributed by atoms with Gasteiger partial charge in [-0.25, -0.2) is 0 Å². The minimum Gasteiger partial charge on any atom is -0.304 e. The van der Waals surface area contributed by atoms with Gasteiger partial charge in [-0.05, 0) is 82.2 Å². The van der Waals surface area contributed by atoms with Crippen molar-refractivity contribution in [3.8, 4) is 22.5 Å². The standard InChI is InChI=1S/C18H16N.C17H14N.C13H24O2.Ir/c1-13(2)15-8-9-17-16(12-15)10-11-19-18(17)14-6-4-3-5-7-14;1-12-9-13(2)11-15(10-12)17-16-6-4-3-5-14(16)7-8-18-17;1-5-10(6-2)12(14)9-13(15)11(7-3)8-4;/h3-6,8-13H,1-2H3;3-10H,1-2H3;10-11H,5-9H2,1-4H3;/q2*-1;;. The third kappa shape index (κ3) is 11.8. The Morgan fingerprint density at radius 1 is 0.642 bits per heavy atom. The van der Waals surface area contributed by atoms with Crippen LogP contribution in [0.5, 0.6) is 0 Å². The zero-order valence-electron chi connectivity index (χ0n) is 32.6. The zero-order chi connectivity index (χ0) is 37.6. The van der Waals surface area contributed by atoms with Crippen LogP contribution in [0.25, 0.3) is 44.1 Å². The first-order valence-electron chi connectivity index (χ1n) is 18.9.